The Hall–Kier alpha value is -4.16. The zero-order valence-corrected chi connectivity index (χ0v) is 33.0. The van der Waals surface area contributed by atoms with Crippen LogP contribution in [0.3, 0.4) is 0 Å². The number of nitrogens with one attached hydrogen (secondary N) is 3. The summed E-state index contributed by atoms with van der Waals surface area (Å²) in [6, 6.07) is 11.0. The molecule has 0 radical (unpaired) electrons. The molecule has 4 fully saturated rings. The predicted octanol–water partition coefficient (Wildman–Crippen LogP) is 4.91. The number of carbonyl (C=O) groups is 4. The van der Waals surface area contributed by atoms with Crippen molar-refractivity contribution in [3.05, 3.63) is 47.2 Å². The molecular weight excluding hydrogens is 726 g/mol. The van der Waals surface area contributed by atoms with Crippen LogP contribution in [-0.2, 0) is 19.2 Å². The van der Waals surface area contributed by atoms with Gasteiger partial charge < -0.3 is 20.4 Å². The second kappa shape index (κ2) is 16.7. The van der Waals surface area contributed by atoms with Gasteiger partial charge in [0.05, 0.1) is 23.5 Å². The number of anilines is 3. The van der Waals surface area contributed by atoms with Crippen molar-refractivity contribution in [3.63, 3.8) is 0 Å². The average Bonchev–Trinajstić information content (AvgIpc) is 3.30. The monoisotopic (exact) mass is 775 g/mol. The molecule has 288 valence electrons. The largest absolute Gasteiger partial charge is 0.374 e. The zero-order chi connectivity index (χ0) is 38.7. The number of hydrogen-bond donors (Lipinski definition) is 3. The van der Waals surface area contributed by atoms with E-state index in [1.807, 2.05) is 44.2 Å². The van der Waals surface area contributed by atoms with Gasteiger partial charge in [0.1, 0.15) is 17.6 Å². The minimum Gasteiger partial charge on any atom is -0.374 e. The van der Waals surface area contributed by atoms with Crippen molar-refractivity contribution in [2.75, 3.05) is 41.7 Å². The Morgan fingerprint density at radius 2 is 1.78 bits per heavy atom. The first kappa shape index (κ1) is 39.5. The van der Waals surface area contributed by atoms with Crippen molar-refractivity contribution < 1.29 is 19.2 Å². The maximum absolute atomic E-state index is 13.6. The molecule has 1 saturated carbocycles. The standard InChI is InChI=1S/C39H50ClN9O4S/c1-24-21-46(22-25(2)47(24)23-35(51)44-28-9-5-8-27(17-28)43-32-14-15-34(50)45-36(32)52)16-6-7-26-10-12-29(13-11-26)49-38(54)48(37(53)39(49,3)4)30-18-31(40)33(19-41)42-20-30/h5,8-9,17-18,20,24-26,29,32,43H,6-7,10-16,21-23H2,1-4H3,(H,44,51)(H,45,50,52)/t24-,25+,26-,29-,32?. The smallest absolute Gasteiger partial charge is 0.258 e. The first-order chi connectivity index (χ1) is 25.7. The second-order valence-electron chi connectivity index (χ2n) is 15.7. The van der Waals surface area contributed by atoms with Crippen LogP contribution >= 0.6 is 23.8 Å². The van der Waals surface area contributed by atoms with Crippen molar-refractivity contribution in [2.45, 2.75) is 109 Å². The van der Waals surface area contributed by atoms with Crippen molar-refractivity contribution >= 4 is 69.6 Å². The number of rotatable bonds is 11. The van der Waals surface area contributed by atoms with Crippen LogP contribution in [0, 0.1) is 17.2 Å². The number of piperidine rings is 1. The molecule has 4 amide bonds. The van der Waals surface area contributed by atoms with Crippen molar-refractivity contribution in [2.24, 2.45) is 5.92 Å². The number of hydrogen-bond acceptors (Lipinski definition) is 10. The molecule has 1 unspecified atom stereocenters. The highest BCUT2D eigenvalue weighted by atomic mass is 35.5. The molecule has 15 heteroatoms. The van der Waals surface area contributed by atoms with Gasteiger partial charge in [0, 0.05) is 49.0 Å². The van der Waals surface area contributed by atoms with Gasteiger partial charge >= 0.3 is 0 Å². The summed E-state index contributed by atoms with van der Waals surface area (Å²) in [6.07, 6.45) is 8.59. The number of carbonyl (C=O) groups excluding carboxylic acids is 4. The summed E-state index contributed by atoms with van der Waals surface area (Å²) in [6.45, 7) is 11.3. The average molecular weight is 776 g/mol. The van der Waals surface area contributed by atoms with E-state index in [0.29, 0.717) is 47.5 Å². The number of halogens is 1. The van der Waals surface area contributed by atoms with E-state index in [1.165, 1.54) is 11.1 Å². The fraction of sp³-hybridized carbons (Fsp3) is 0.564. The molecule has 2 aromatic rings. The normalized spacial score (nSPS) is 26.4. The van der Waals surface area contributed by atoms with Gasteiger partial charge in [-0.05, 0) is 122 Å². The Kier molecular flexibility index (Phi) is 12.2. The summed E-state index contributed by atoms with van der Waals surface area (Å²) in [5.41, 5.74) is 1.15. The summed E-state index contributed by atoms with van der Waals surface area (Å²) in [5, 5.41) is 18.4. The first-order valence-corrected chi connectivity index (χ1v) is 19.8. The summed E-state index contributed by atoms with van der Waals surface area (Å²) in [5.74, 6) is -0.161. The molecule has 1 aliphatic carbocycles. The number of imide groups is 1. The Morgan fingerprint density at radius 3 is 2.44 bits per heavy atom. The molecule has 3 atom stereocenters. The van der Waals surface area contributed by atoms with Gasteiger partial charge in [-0.1, -0.05) is 17.7 Å². The summed E-state index contributed by atoms with van der Waals surface area (Å²) < 4.78 is 0. The van der Waals surface area contributed by atoms with Gasteiger partial charge in [-0.2, -0.15) is 5.26 Å². The maximum Gasteiger partial charge on any atom is 0.258 e. The molecule has 6 rings (SSSR count). The number of piperazine rings is 1. The van der Waals surface area contributed by atoms with E-state index < -0.39 is 11.6 Å². The summed E-state index contributed by atoms with van der Waals surface area (Å²) in [4.78, 5) is 62.9. The van der Waals surface area contributed by atoms with Gasteiger partial charge in [0.2, 0.25) is 17.7 Å². The second-order valence-corrected chi connectivity index (χ2v) is 16.5. The third-order valence-corrected chi connectivity index (χ3v) is 12.1. The van der Waals surface area contributed by atoms with E-state index in [9.17, 15) is 24.4 Å². The number of aromatic nitrogens is 1. The molecule has 54 heavy (non-hydrogen) atoms. The molecule has 3 saturated heterocycles. The maximum atomic E-state index is 13.6. The number of amides is 4. The van der Waals surface area contributed by atoms with E-state index in [2.05, 4.69) is 49.5 Å². The van der Waals surface area contributed by atoms with Crippen LogP contribution < -0.4 is 20.9 Å². The fourth-order valence-electron chi connectivity index (χ4n) is 8.62. The van der Waals surface area contributed by atoms with Crippen LogP contribution in [0.4, 0.5) is 17.1 Å². The molecule has 4 heterocycles. The third-order valence-electron chi connectivity index (χ3n) is 11.4. The highest BCUT2D eigenvalue weighted by Gasteiger charge is 2.52. The predicted molar refractivity (Wildman–Crippen MR) is 212 cm³/mol. The Balaban J connectivity index is 0.927. The van der Waals surface area contributed by atoms with Gasteiger partial charge in [-0.3, -0.25) is 34.3 Å². The molecule has 3 aliphatic heterocycles. The minimum atomic E-state index is -0.799. The Morgan fingerprint density at radius 1 is 1.07 bits per heavy atom. The fourth-order valence-corrected chi connectivity index (χ4v) is 9.39. The van der Waals surface area contributed by atoms with Gasteiger partial charge in [0.15, 0.2) is 10.8 Å². The molecule has 1 aromatic heterocycles. The van der Waals surface area contributed by atoms with Crippen LogP contribution in [-0.4, -0.2) is 104 Å². The molecule has 3 N–H and O–H groups in total. The van der Waals surface area contributed by atoms with Crippen LogP contribution in [0.2, 0.25) is 5.02 Å². The highest BCUT2D eigenvalue weighted by Crippen LogP contribution is 2.40. The van der Waals surface area contributed by atoms with Gasteiger partial charge in [-0.25, -0.2) is 4.98 Å². The number of thiocarbonyl (C=S) groups is 1. The quantitative estimate of drug-likeness (QED) is 0.211. The summed E-state index contributed by atoms with van der Waals surface area (Å²) in [7, 11) is 0. The molecule has 4 aliphatic rings. The van der Waals surface area contributed by atoms with E-state index >= 15 is 0 Å². The van der Waals surface area contributed by atoms with Crippen molar-refractivity contribution in [1.82, 2.24) is 25.0 Å². The first-order valence-electron chi connectivity index (χ1n) is 19.0. The lowest BCUT2D eigenvalue weighted by molar-refractivity contribution is -0.133. The van der Waals surface area contributed by atoms with Gasteiger partial charge in [0.25, 0.3) is 5.91 Å². The van der Waals surface area contributed by atoms with Crippen LogP contribution in [0.15, 0.2) is 36.5 Å². The molecule has 0 bridgehead atoms. The van der Waals surface area contributed by atoms with Crippen molar-refractivity contribution in [3.8, 4) is 6.07 Å². The third kappa shape index (κ3) is 8.70. The van der Waals surface area contributed by atoms with Gasteiger partial charge in [-0.15, -0.1) is 0 Å². The highest BCUT2D eigenvalue weighted by molar-refractivity contribution is 7.80. The van der Waals surface area contributed by atoms with Crippen LogP contribution in [0.5, 0.6) is 0 Å². The summed E-state index contributed by atoms with van der Waals surface area (Å²) >= 11 is 12.1. The Labute approximate surface area is 327 Å². The van der Waals surface area contributed by atoms with E-state index in [4.69, 9.17) is 23.8 Å². The SMILES string of the molecule is C[C@@H]1CN(CCC[C@H]2CC[C@H](N3C(=S)N(c4cnc(C#N)c(Cl)c4)C(=O)C3(C)C)CC2)C[C@H](C)N1CC(=O)Nc1cccc(NC2CCC(=O)NC2=O)c1. The van der Waals surface area contributed by atoms with Crippen LogP contribution in [0.25, 0.3) is 0 Å². The number of nitriles is 1. The lowest BCUT2D eigenvalue weighted by Crippen LogP contribution is -2.58. The van der Waals surface area contributed by atoms with E-state index in [1.54, 1.807) is 6.07 Å². The minimum absolute atomic E-state index is 0.0817. The van der Waals surface area contributed by atoms with Crippen molar-refractivity contribution in [1.29, 1.82) is 5.26 Å². The topological polar surface area (TPSA) is 154 Å². The number of pyridine rings is 1. The zero-order valence-electron chi connectivity index (χ0n) is 31.4. The molecular formula is C39H50ClN9O4S. The number of benzene rings is 1. The molecule has 13 nitrogen and oxygen atoms in total. The van der Waals surface area contributed by atoms with E-state index in [0.717, 1.165) is 58.2 Å². The number of nitrogens with zero attached hydrogens (tertiary/aromatic N) is 6. The lowest BCUT2D eigenvalue weighted by Gasteiger charge is -2.44. The molecule has 1 aromatic carbocycles. The molecule has 0 spiro atoms. The van der Waals surface area contributed by atoms with E-state index in [-0.39, 0.29) is 52.5 Å². The lowest BCUT2D eigenvalue weighted by atomic mass is 9.82. The Bertz CT molecular complexity index is 1810. The van der Waals surface area contributed by atoms with Crippen LogP contribution in [0.1, 0.15) is 84.8 Å².